The van der Waals surface area contributed by atoms with Gasteiger partial charge in [0, 0.05) is 25.0 Å². The van der Waals surface area contributed by atoms with Crippen LogP contribution in [0.4, 0.5) is 0 Å². The summed E-state index contributed by atoms with van der Waals surface area (Å²) in [5.74, 6) is -1.04. The molecule has 1 aromatic rings. The lowest BCUT2D eigenvalue weighted by Gasteiger charge is -2.27. The molecule has 2 fully saturated rings. The second kappa shape index (κ2) is 5.79. The number of rotatable bonds is 3. The lowest BCUT2D eigenvalue weighted by molar-refractivity contribution is -0.133. The van der Waals surface area contributed by atoms with Crippen LogP contribution in [0.2, 0.25) is 0 Å². The van der Waals surface area contributed by atoms with E-state index < -0.39 is 5.97 Å². The first-order chi connectivity index (χ1) is 10.5. The number of carboxylic acids is 1. The summed E-state index contributed by atoms with van der Waals surface area (Å²) in [7, 11) is 0. The first-order valence-corrected chi connectivity index (χ1v) is 7.44. The van der Waals surface area contributed by atoms with Crippen LogP contribution in [0.15, 0.2) is 24.3 Å². The lowest BCUT2D eigenvalue weighted by Crippen LogP contribution is -2.43. The van der Waals surface area contributed by atoms with Crippen molar-refractivity contribution in [2.75, 3.05) is 6.54 Å². The summed E-state index contributed by atoms with van der Waals surface area (Å²) in [5.41, 5.74) is 0.869. The molecular formula is C16H18N2O4. The molecule has 0 aliphatic carbocycles. The van der Waals surface area contributed by atoms with Crippen LogP contribution in [0.3, 0.4) is 0 Å². The average Bonchev–Trinajstić information content (AvgIpc) is 2.79. The number of amides is 2. The van der Waals surface area contributed by atoms with Crippen LogP contribution in [0, 0.1) is 0 Å². The van der Waals surface area contributed by atoms with Gasteiger partial charge < -0.3 is 15.3 Å². The van der Waals surface area contributed by atoms with E-state index in [-0.39, 0.29) is 35.9 Å². The van der Waals surface area contributed by atoms with Crippen molar-refractivity contribution in [2.24, 2.45) is 0 Å². The fourth-order valence-electron chi connectivity index (χ4n) is 3.37. The summed E-state index contributed by atoms with van der Waals surface area (Å²) in [6.45, 7) is 0.510. The summed E-state index contributed by atoms with van der Waals surface area (Å²) in [6, 6.07) is 6.48. The van der Waals surface area contributed by atoms with Gasteiger partial charge in [0.15, 0.2) is 0 Å². The minimum absolute atomic E-state index is 0.00197. The number of carboxylic acid groups (broad SMARTS) is 1. The Kier molecular flexibility index (Phi) is 3.83. The Morgan fingerprint density at radius 3 is 2.82 bits per heavy atom. The van der Waals surface area contributed by atoms with Gasteiger partial charge in [-0.1, -0.05) is 12.1 Å². The van der Waals surface area contributed by atoms with Gasteiger partial charge in [0.2, 0.25) is 11.8 Å². The summed E-state index contributed by atoms with van der Waals surface area (Å²) >= 11 is 0. The smallest absolute Gasteiger partial charge is 0.335 e. The molecule has 0 saturated carbocycles. The van der Waals surface area contributed by atoms with Crippen molar-refractivity contribution < 1.29 is 19.5 Å². The minimum Gasteiger partial charge on any atom is -0.478 e. The molecule has 6 nitrogen and oxygen atoms in total. The number of carbonyl (C=O) groups is 3. The molecule has 2 atom stereocenters. The zero-order valence-electron chi connectivity index (χ0n) is 12.1. The van der Waals surface area contributed by atoms with E-state index in [2.05, 4.69) is 5.32 Å². The molecule has 2 amide bonds. The topological polar surface area (TPSA) is 86.7 Å². The van der Waals surface area contributed by atoms with E-state index in [0.29, 0.717) is 18.5 Å². The first kappa shape index (κ1) is 14.6. The van der Waals surface area contributed by atoms with Gasteiger partial charge in [-0.05, 0) is 30.5 Å². The molecule has 6 heteroatoms. The maximum atomic E-state index is 12.6. The zero-order chi connectivity index (χ0) is 15.7. The maximum absolute atomic E-state index is 12.6. The summed E-state index contributed by atoms with van der Waals surface area (Å²) in [4.78, 5) is 37.0. The fourth-order valence-corrected chi connectivity index (χ4v) is 3.37. The molecule has 2 aliphatic rings. The van der Waals surface area contributed by atoms with Crippen molar-refractivity contribution in [3.63, 3.8) is 0 Å². The normalized spacial score (nSPS) is 23.8. The molecule has 2 bridgehead atoms. The SMILES string of the molecule is O=C1CC2CCC(CN1)N2C(=O)Cc1cccc(C(=O)O)c1. The minimum atomic E-state index is -1.00. The largest absolute Gasteiger partial charge is 0.478 e. The van der Waals surface area contributed by atoms with Gasteiger partial charge in [-0.25, -0.2) is 4.79 Å². The van der Waals surface area contributed by atoms with Crippen molar-refractivity contribution in [1.29, 1.82) is 0 Å². The van der Waals surface area contributed by atoms with Crippen LogP contribution in [0.25, 0.3) is 0 Å². The van der Waals surface area contributed by atoms with Crippen LogP contribution >= 0.6 is 0 Å². The van der Waals surface area contributed by atoms with Crippen molar-refractivity contribution in [3.8, 4) is 0 Å². The quantitative estimate of drug-likeness (QED) is 0.865. The van der Waals surface area contributed by atoms with E-state index in [1.54, 1.807) is 12.1 Å². The Morgan fingerprint density at radius 2 is 2.05 bits per heavy atom. The van der Waals surface area contributed by atoms with E-state index in [1.807, 2.05) is 4.90 Å². The molecule has 2 heterocycles. The molecular weight excluding hydrogens is 284 g/mol. The number of hydrogen-bond donors (Lipinski definition) is 2. The van der Waals surface area contributed by atoms with Crippen LogP contribution in [0.5, 0.6) is 0 Å². The Bertz CT molecular complexity index is 628. The van der Waals surface area contributed by atoms with Crippen molar-refractivity contribution in [1.82, 2.24) is 10.2 Å². The third kappa shape index (κ3) is 2.81. The number of fused-ring (bicyclic) bond motifs is 2. The molecule has 2 unspecified atom stereocenters. The molecule has 0 radical (unpaired) electrons. The van der Waals surface area contributed by atoms with Crippen molar-refractivity contribution >= 4 is 17.8 Å². The van der Waals surface area contributed by atoms with Crippen LogP contribution in [-0.2, 0) is 16.0 Å². The van der Waals surface area contributed by atoms with Crippen LogP contribution in [0.1, 0.15) is 35.2 Å². The number of aromatic carboxylic acids is 1. The van der Waals surface area contributed by atoms with Crippen molar-refractivity contribution in [2.45, 2.75) is 37.8 Å². The van der Waals surface area contributed by atoms with Gasteiger partial charge in [-0.3, -0.25) is 9.59 Å². The molecule has 2 aliphatic heterocycles. The highest BCUT2D eigenvalue weighted by Crippen LogP contribution is 2.29. The molecule has 0 spiro atoms. The van der Waals surface area contributed by atoms with Gasteiger partial charge >= 0.3 is 5.97 Å². The van der Waals surface area contributed by atoms with E-state index >= 15 is 0 Å². The van der Waals surface area contributed by atoms with Gasteiger partial charge in [0.25, 0.3) is 0 Å². The Morgan fingerprint density at radius 1 is 1.27 bits per heavy atom. The van der Waals surface area contributed by atoms with E-state index in [9.17, 15) is 14.4 Å². The molecule has 1 aromatic carbocycles. The van der Waals surface area contributed by atoms with E-state index in [1.165, 1.54) is 12.1 Å². The molecule has 116 valence electrons. The second-order valence-electron chi connectivity index (χ2n) is 5.88. The number of nitrogens with zero attached hydrogens (tertiary/aromatic N) is 1. The molecule has 22 heavy (non-hydrogen) atoms. The molecule has 2 saturated heterocycles. The highest BCUT2D eigenvalue weighted by atomic mass is 16.4. The standard InChI is InChI=1S/C16H18N2O4/c19-14-8-12-4-5-13(9-17-14)18(12)15(20)7-10-2-1-3-11(6-10)16(21)22/h1-3,6,12-13H,4-5,7-9H2,(H,17,19)(H,21,22). The number of nitrogens with one attached hydrogen (secondary N) is 1. The lowest BCUT2D eigenvalue weighted by atomic mass is 10.1. The Labute approximate surface area is 128 Å². The summed E-state index contributed by atoms with van der Waals surface area (Å²) in [5, 5.41) is 11.8. The van der Waals surface area contributed by atoms with Crippen molar-refractivity contribution in [3.05, 3.63) is 35.4 Å². The van der Waals surface area contributed by atoms with Gasteiger partial charge in [0.05, 0.1) is 12.0 Å². The average molecular weight is 302 g/mol. The first-order valence-electron chi connectivity index (χ1n) is 7.44. The molecule has 0 aromatic heterocycles. The second-order valence-corrected chi connectivity index (χ2v) is 5.88. The van der Waals surface area contributed by atoms with E-state index in [0.717, 1.165) is 12.8 Å². The van der Waals surface area contributed by atoms with E-state index in [4.69, 9.17) is 5.11 Å². The van der Waals surface area contributed by atoms with Gasteiger partial charge in [0.1, 0.15) is 0 Å². The number of carbonyl (C=O) groups excluding carboxylic acids is 2. The molecule has 2 N–H and O–H groups in total. The van der Waals surface area contributed by atoms with Crippen LogP contribution in [-0.4, -0.2) is 46.4 Å². The highest BCUT2D eigenvalue weighted by Gasteiger charge is 2.39. The summed E-state index contributed by atoms with van der Waals surface area (Å²) < 4.78 is 0. The van der Waals surface area contributed by atoms with Gasteiger partial charge in [-0.2, -0.15) is 0 Å². The number of benzene rings is 1. The zero-order valence-corrected chi connectivity index (χ0v) is 12.1. The number of hydrogen-bond acceptors (Lipinski definition) is 3. The maximum Gasteiger partial charge on any atom is 0.335 e. The third-order valence-corrected chi connectivity index (χ3v) is 4.39. The highest BCUT2D eigenvalue weighted by molar-refractivity contribution is 5.88. The fraction of sp³-hybridized carbons (Fsp3) is 0.438. The Hall–Kier alpha value is -2.37. The summed E-state index contributed by atoms with van der Waals surface area (Å²) in [6.07, 6.45) is 2.30. The Balaban J connectivity index is 1.75. The third-order valence-electron chi connectivity index (χ3n) is 4.39. The monoisotopic (exact) mass is 302 g/mol. The predicted molar refractivity (Wildman–Crippen MR) is 78.4 cm³/mol. The predicted octanol–water partition coefficient (Wildman–Crippen LogP) is 0.807. The molecule has 3 rings (SSSR count). The van der Waals surface area contributed by atoms with Crippen LogP contribution < -0.4 is 5.32 Å². The van der Waals surface area contributed by atoms with Gasteiger partial charge in [-0.15, -0.1) is 0 Å².